The molecule has 98 valence electrons. The quantitative estimate of drug-likeness (QED) is 0.844. The summed E-state index contributed by atoms with van der Waals surface area (Å²) in [7, 11) is 1.48. The number of benzene rings is 2. The Hall–Kier alpha value is -2.01. The predicted molar refractivity (Wildman–Crippen MR) is 74.6 cm³/mol. The van der Waals surface area contributed by atoms with Gasteiger partial charge in [0, 0.05) is 16.5 Å². The maximum atomic E-state index is 13.6. The van der Waals surface area contributed by atoms with Crippen molar-refractivity contribution in [1.82, 2.24) is 0 Å². The first kappa shape index (κ1) is 13.4. The van der Waals surface area contributed by atoms with E-state index in [0.29, 0.717) is 11.3 Å². The summed E-state index contributed by atoms with van der Waals surface area (Å²) >= 11 is 4.13. The average Bonchev–Trinajstić information content (AvgIpc) is 2.42. The summed E-state index contributed by atoms with van der Waals surface area (Å²) < 4.78 is 18.5. The van der Waals surface area contributed by atoms with E-state index in [9.17, 15) is 9.18 Å². The Morgan fingerprint density at radius 2 is 1.89 bits per heavy atom. The van der Waals surface area contributed by atoms with Gasteiger partial charge < -0.3 is 10.1 Å². The Morgan fingerprint density at radius 3 is 2.53 bits per heavy atom. The number of thiol groups is 1. The smallest absolute Gasteiger partial charge is 0.255 e. The van der Waals surface area contributed by atoms with Gasteiger partial charge in [0.25, 0.3) is 5.91 Å². The fraction of sp³-hybridized carbons (Fsp3) is 0.0714. The fourth-order valence-corrected chi connectivity index (χ4v) is 1.68. The van der Waals surface area contributed by atoms with Crippen LogP contribution in [0, 0.1) is 5.82 Å². The lowest BCUT2D eigenvalue weighted by Crippen LogP contribution is -2.12. The average molecular weight is 277 g/mol. The molecule has 0 aliphatic carbocycles. The highest BCUT2D eigenvalue weighted by Gasteiger charge is 2.10. The summed E-state index contributed by atoms with van der Waals surface area (Å²) in [5.41, 5.74) is 0.513. The first-order valence-electron chi connectivity index (χ1n) is 5.54. The van der Waals surface area contributed by atoms with Crippen molar-refractivity contribution in [3.8, 4) is 5.75 Å². The Kier molecular flexibility index (Phi) is 4.06. The molecule has 0 aliphatic rings. The van der Waals surface area contributed by atoms with E-state index in [1.54, 1.807) is 24.3 Å². The molecule has 3 nitrogen and oxygen atoms in total. The summed E-state index contributed by atoms with van der Waals surface area (Å²) in [6.07, 6.45) is 0. The lowest BCUT2D eigenvalue weighted by atomic mass is 10.2. The monoisotopic (exact) mass is 277 g/mol. The number of hydrogen-bond acceptors (Lipinski definition) is 3. The zero-order chi connectivity index (χ0) is 13.8. The molecule has 5 heteroatoms. The van der Waals surface area contributed by atoms with Crippen LogP contribution in [-0.4, -0.2) is 13.0 Å². The van der Waals surface area contributed by atoms with Gasteiger partial charge in [-0.25, -0.2) is 4.39 Å². The van der Waals surface area contributed by atoms with Gasteiger partial charge in [0.05, 0.1) is 12.8 Å². The Balaban J connectivity index is 2.21. The van der Waals surface area contributed by atoms with Crippen LogP contribution in [-0.2, 0) is 0 Å². The highest BCUT2D eigenvalue weighted by Crippen LogP contribution is 2.21. The van der Waals surface area contributed by atoms with Crippen LogP contribution < -0.4 is 10.1 Å². The molecule has 0 unspecified atom stereocenters. The van der Waals surface area contributed by atoms with Gasteiger partial charge in [0.1, 0.15) is 11.6 Å². The minimum atomic E-state index is -0.514. The first-order chi connectivity index (χ1) is 9.10. The number of rotatable bonds is 3. The third-order valence-corrected chi connectivity index (χ3v) is 2.85. The van der Waals surface area contributed by atoms with Crippen LogP contribution in [0.25, 0.3) is 0 Å². The van der Waals surface area contributed by atoms with E-state index in [4.69, 9.17) is 4.74 Å². The molecule has 1 N–H and O–H groups in total. The number of hydrogen-bond donors (Lipinski definition) is 2. The Morgan fingerprint density at radius 1 is 1.21 bits per heavy atom. The van der Waals surface area contributed by atoms with E-state index in [2.05, 4.69) is 17.9 Å². The molecular weight excluding hydrogens is 265 g/mol. The summed E-state index contributed by atoms with van der Waals surface area (Å²) in [4.78, 5) is 12.7. The number of methoxy groups -OCH3 is 1. The molecule has 0 saturated carbocycles. The van der Waals surface area contributed by atoms with E-state index in [1.807, 2.05) is 0 Å². The van der Waals surface area contributed by atoms with Crippen molar-refractivity contribution in [3.63, 3.8) is 0 Å². The van der Waals surface area contributed by atoms with E-state index in [1.165, 1.54) is 25.3 Å². The van der Waals surface area contributed by atoms with Crippen molar-refractivity contribution in [2.75, 3.05) is 12.4 Å². The number of carbonyl (C=O) groups is 1. The lowest BCUT2D eigenvalue weighted by Gasteiger charge is -2.08. The maximum Gasteiger partial charge on any atom is 0.255 e. The van der Waals surface area contributed by atoms with E-state index < -0.39 is 5.82 Å². The number of halogens is 1. The predicted octanol–water partition coefficient (Wildman–Crippen LogP) is 3.38. The van der Waals surface area contributed by atoms with Crippen LogP contribution in [0.4, 0.5) is 10.1 Å². The van der Waals surface area contributed by atoms with Crippen LogP contribution in [0.2, 0.25) is 0 Å². The molecule has 0 aromatic heterocycles. The summed E-state index contributed by atoms with van der Waals surface area (Å²) in [5.74, 6) is -0.428. The number of nitrogens with one attached hydrogen (secondary N) is 1. The minimum Gasteiger partial charge on any atom is -0.497 e. The molecule has 0 atom stereocenters. The number of amides is 1. The highest BCUT2D eigenvalue weighted by atomic mass is 32.1. The fourth-order valence-electron chi connectivity index (χ4n) is 1.53. The number of carbonyl (C=O) groups excluding carboxylic acids is 1. The van der Waals surface area contributed by atoms with Crippen molar-refractivity contribution in [2.24, 2.45) is 0 Å². The first-order valence-corrected chi connectivity index (χ1v) is 5.99. The van der Waals surface area contributed by atoms with Crippen LogP contribution in [0.3, 0.4) is 0 Å². The molecule has 0 fully saturated rings. The summed E-state index contributed by atoms with van der Waals surface area (Å²) in [5, 5.41) is 2.50. The van der Waals surface area contributed by atoms with Crippen molar-refractivity contribution in [1.29, 1.82) is 0 Å². The molecule has 2 rings (SSSR count). The summed E-state index contributed by atoms with van der Waals surface area (Å²) in [6, 6.07) is 10.8. The van der Waals surface area contributed by atoms with E-state index >= 15 is 0 Å². The molecule has 0 spiro atoms. The van der Waals surface area contributed by atoms with Gasteiger partial charge in [-0.2, -0.15) is 0 Å². The molecule has 0 bridgehead atoms. The molecular formula is C14H12FNO2S. The molecule has 0 radical (unpaired) electrons. The molecule has 19 heavy (non-hydrogen) atoms. The normalized spacial score (nSPS) is 10.1. The van der Waals surface area contributed by atoms with E-state index in [0.717, 1.165) is 4.90 Å². The molecule has 0 aliphatic heterocycles. The second kappa shape index (κ2) is 5.75. The van der Waals surface area contributed by atoms with Gasteiger partial charge in [-0.1, -0.05) is 0 Å². The van der Waals surface area contributed by atoms with Crippen molar-refractivity contribution in [2.45, 2.75) is 4.90 Å². The number of ether oxygens (including phenoxy) is 1. The van der Waals surface area contributed by atoms with Gasteiger partial charge >= 0.3 is 0 Å². The molecule has 0 saturated heterocycles. The van der Waals surface area contributed by atoms with Crippen molar-refractivity contribution in [3.05, 3.63) is 53.8 Å². The van der Waals surface area contributed by atoms with Gasteiger partial charge in [-0.05, 0) is 36.4 Å². The third-order valence-electron chi connectivity index (χ3n) is 2.55. The largest absolute Gasteiger partial charge is 0.497 e. The van der Waals surface area contributed by atoms with Gasteiger partial charge in [-0.15, -0.1) is 12.6 Å². The Bertz CT molecular complexity index is 599. The SMILES string of the molecule is COc1ccc(F)c(NC(=O)c2ccc(S)cc2)c1. The topological polar surface area (TPSA) is 38.3 Å². The maximum absolute atomic E-state index is 13.6. The molecule has 2 aromatic carbocycles. The molecule has 2 aromatic rings. The second-order valence-corrected chi connectivity index (χ2v) is 4.36. The van der Waals surface area contributed by atoms with E-state index in [-0.39, 0.29) is 11.6 Å². The number of anilines is 1. The zero-order valence-corrected chi connectivity index (χ0v) is 11.1. The van der Waals surface area contributed by atoms with Crippen molar-refractivity contribution < 1.29 is 13.9 Å². The molecule has 1 amide bonds. The highest BCUT2D eigenvalue weighted by molar-refractivity contribution is 7.80. The van der Waals surface area contributed by atoms with Crippen LogP contribution in [0.15, 0.2) is 47.4 Å². The minimum absolute atomic E-state index is 0.0827. The van der Waals surface area contributed by atoms with Gasteiger partial charge in [0.15, 0.2) is 0 Å². The lowest BCUT2D eigenvalue weighted by molar-refractivity contribution is 0.102. The van der Waals surface area contributed by atoms with Crippen LogP contribution in [0.1, 0.15) is 10.4 Å². The summed E-state index contributed by atoms with van der Waals surface area (Å²) in [6.45, 7) is 0. The third kappa shape index (κ3) is 3.26. The van der Waals surface area contributed by atoms with Gasteiger partial charge in [-0.3, -0.25) is 4.79 Å². The Labute approximate surface area is 115 Å². The molecule has 0 heterocycles. The zero-order valence-electron chi connectivity index (χ0n) is 10.2. The van der Waals surface area contributed by atoms with Gasteiger partial charge in [0.2, 0.25) is 0 Å². The van der Waals surface area contributed by atoms with Crippen LogP contribution >= 0.6 is 12.6 Å². The second-order valence-electron chi connectivity index (χ2n) is 3.85. The standard InChI is InChI=1S/C14H12FNO2S/c1-18-10-4-7-12(15)13(8-10)16-14(17)9-2-5-11(19)6-3-9/h2-8,19H,1H3,(H,16,17). The van der Waals surface area contributed by atoms with Crippen LogP contribution in [0.5, 0.6) is 5.75 Å². The van der Waals surface area contributed by atoms with Crippen molar-refractivity contribution >= 4 is 24.2 Å².